The van der Waals surface area contributed by atoms with Gasteiger partial charge >= 0.3 is 12.1 Å². The van der Waals surface area contributed by atoms with Crippen LogP contribution in [0.2, 0.25) is 0 Å². The Morgan fingerprint density at radius 2 is 1.66 bits per heavy atom. The van der Waals surface area contributed by atoms with Crippen LogP contribution in [0.15, 0.2) is 18.2 Å². The van der Waals surface area contributed by atoms with Crippen LogP contribution in [0.4, 0.5) is 13.2 Å². The summed E-state index contributed by atoms with van der Waals surface area (Å²) in [4.78, 5) is 50.4. The van der Waals surface area contributed by atoms with Gasteiger partial charge in [0.1, 0.15) is 0 Å². The van der Waals surface area contributed by atoms with Crippen LogP contribution in [0.3, 0.4) is 0 Å². The summed E-state index contributed by atoms with van der Waals surface area (Å²) in [5.74, 6) is -3.24. The lowest BCUT2D eigenvalue weighted by atomic mass is 10.0. The summed E-state index contributed by atoms with van der Waals surface area (Å²) in [6.45, 7) is 3.21. The van der Waals surface area contributed by atoms with E-state index in [1.165, 1.54) is 18.2 Å². The number of likely N-dealkylation sites (tertiary alicyclic amines) is 1. The van der Waals surface area contributed by atoms with Crippen LogP contribution in [-0.4, -0.2) is 64.8 Å². The zero-order valence-corrected chi connectivity index (χ0v) is 15.9. The van der Waals surface area contributed by atoms with E-state index in [1.54, 1.807) is 13.8 Å². The van der Waals surface area contributed by atoms with E-state index in [0.717, 1.165) is 9.80 Å². The van der Waals surface area contributed by atoms with Gasteiger partial charge in [-0.3, -0.25) is 24.1 Å². The van der Waals surface area contributed by atoms with E-state index < -0.39 is 35.8 Å². The Morgan fingerprint density at radius 1 is 1.07 bits per heavy atom. The molecule has 0 radical (unpaired) electrons. The molecule has 0 bridgehead atoms. The van der Waals surface area contributed by atoms with E-state index in [0.29, 0.717) is 0 Å². The van der Waals surface area contributed by atoms with Crippen LogP contribution in [0.25, 0.3) is 0 Å². The highest BCUT2D eigenvalue weighted by atomic mass is 19.4. The van der Waals surface area contributed by atoms with Crippen molar-refractivity contribution in [3.63, 3.8) is 0 Å². The molecular formula is C19H20F3N3O4. The molecule has 10 heteroatoms. The standard InChI is InChI=1S/C19H20F3N3O4/c1-10(2)25-16(27)13-4-3-11(9-14(13)17(25)28)15(26)23-12-5-7-24(8-6-12)18(29)19(20,21)22/h3-4,9-10,12H,5-8H2,1-2H3,(H,23,26). The number of amides is 4. The van der Waals surface area contributed by atoms with Crippen LogP contribution < -0.4 is 5.32 Å². The second-order valence-electron chi connectivity index (χ2n) is 7.37. The second kappa shape index (κ2) is 7.49. The lowest BCUT2D eigenvalue weighted by Gasteiger charge is -2.32. The zero-order chi connectivity index (χ0) is 21.5. The fraction of sp³-hybridized carbons (Fsp3) is 0.474. The SMILES string of the molecule is CC(C)N1C(=O)c2ccc(C(=O)NC3CCN(C(=O)C(F)(F)F)CC3)cc2C1=O. The number of hydrogen-bond acceptors (Lipinski definition) is 4. The van der Waals surface area contributed by atoms with Crippen molar-refractivity contribution in [2.75, 3.05) is 13.1 Å². The molecule has 1 aromatic carbocycles. The van der Waals surface area contributed by atoms with Gasteiger partial charge in [0.25, 0.3) is 17.7 Å². The summed E-state index contributed by atoms with van der Waals surface area (Å²) in [7, 11) is 0. The highest BCUT2D eigenvalue weighted by molar-refractivity contribution is 6.22. The molecule has 156 valence electrons. The minimum absolute atomic E-state index is 0.107. The monoisotopic (exact) mass is 411 g/mol. The first-order chi connectivity index (χ1) is 13.5. The molecule has 2 aliphatic rings. The molecule has 0 aromatic heterocycles. The maximum atomic E-state index is 12.5. The first-order valence-electron chi connectivity index (χ1n) is 9.19. The number of hydrogen-bond donors (Lipinski definition) is 1. The van der Waals surface area contributed by atoms with Gasteiger partial charge in [0.2, 0.25) is 0 Å². The van der Waals surface area contributed by atoms with E-state index >= 15 is 0 Å². The maximum absolute atomic E-state index is 12.5. The molecule has 1 N–H and O–H groups in total. The summed E-state index contributed by atoms with van der Waals surface area (Å²) >= 11 is 0. The van der Waals surface area contributed by atoms with Crippen molar-refractivity contribution in [1.82, 2.24) is 15.1 Å². The summed E-state index contributed by atoms with van der Waals surface area (Å²) in [5.41, 5.74) is 0.575. The number of nitrogens with one attached hydrogen (secondary N) is 1. The topological polar surface area (TPSA) is 86.8 Å². The Bertz CT molecular complexity index is 874. The summed E-state index contributed by atoms with van der Waals surface area (Å²) in [6, 6.07) is 3.51. The van der Waals surface area contributed by atoms with E-state index in [2.05, 4.69) is 5.32 Å². The van der Waals surface area contributed by atoms with Gasteiger partial charge in [-0.2, -0.15) is 13.2 Å². The van der Waals surface area contributed by atoms with Crippen LogP contribution in [0.5, 0.6) is 0 Å². The molecule has 0 unspecified atom stereocenters. The molecule has 0 saturated carbocycles. The molecule has 1 aromatic rings. The molecule has 2 aliphatic heterocycles. The van der Waals surface area contributed by atoms with Gasteiger partial charge in [-0.1, -0.05) is 0 Å². The van der Waals surface area contributed by atoms with Gasteiger partial charge in [0, 0.05) is 30.7 Å². The van der Waals surface area contributed by atoms with Crippen LogP contribution in [0.1, 0.15) is 57.8 Å². The highest BCUT2D eigenvalue weighted by Gasteiger charge is 2.43. The molecule has 0 spiro atoms. The third kappa shape index (κ3) is 3.96. The third-order valence-electron chi connectivity index (χ3n) is 5.06. The van der Waals surface area contributed by atoms with E-state index in [4.69, 9.17) is 0 Å². The summed E-state index contributed by atoms with van der Waals surface area (Å²) in [5, 5.41) is 2.72. The number of carbonyl (C=O) groups excluding carboxylic acids is 4. The number of benzene rings is 1. The molecule has 0 aliphatic carbocycles. The largest absolute Gasteiger partial charge is 0.471 e. The smallest absolute Gasteiger partial charge is 0.349 e. The third-order valence-corrected chi connectivity index (χ3v) is 5.06. The quantitative estimate of drug-likeness (QED) is 0.771. The van der Waals surface area contributed by atoms with Gasteiger partial charge in [0.05, 0.1) is 11.1 Å². The van der Waals surface area contributed by atoms with Crippen molar-refractivity contribution >= 4 is 23.6 Å². The first-order valence-corrected chi connectivity index (χ1v) is 9.19. The Morgan fingerprint density at radius 3 is 2.21 bits per heavy atom. The number of rotatable bonds is 3. The number of carbonyl (C=O) groups is 4. The number of nitrogens with zero attached hydrogens (tertiary/aromatic N) is 2. The van der Waals surface area contributed by atoms with E-state index in [-0.39, 0.29) is 48.7 Å². The average molecular weight is 411 g/mol. The van der Waals surface area contributed by atoms with Gasteiger partial charge in [-0.05, 0) is 44.9 Å². The lowest BCUT2D eigenvalue weighted by molar-refractivity contribution is -0.186. The van der Waals surface area contributed by atoms with Gasteiger partial charge in [0.15, 0.2) is 0 Å². The minimum Gasteiger partial charge on any atom is -0.349 e. The number of halogens is 3. The van der Waals surface area contributed by atoms with Gasteiger partial charge in [-0.25, -0.2) is 0 Å². The number of alkyl halides is 3. The molecule has 1 fully saturated rings. The fourth-order valence-electron chi connectivity index (χ4n) is 3.54. The molecule has 29 heavy (non-hydrogen) atoms. The Hall–Kier alpha value is -2.91. The fourth-order valence-corrected chi connectivity index (χ4v) is 3.54. The van der Waals surface area contributed by atoms with Crippen molar-refractivity contribution in [2.24, 2.45) is 0 Å². The van der Waals surface area contributed by atoms with Crippen molar-refractivity contribution in [3.05, 3.63) is 34.9 Å². The predicted molar refractivity (Wildman–Crippen MR) is 95.2 cm³/mol. The van der Waals surface area contributed by atoms with Crippen LogP contribution >= 0.6 is 0 Å². The summed E-state index contributed by atoms with van der Waals surface area (Å²) < 4.78 is 37.5. The molecule has 3 rings (SSSR count). The minimum atomic E-state index is -4.91. The molecule has 4 amide bonds. The van der Waals surface area contributed by atoms with Crippen molar-refractivity contribution in [2.45, 2.75) is 44.9 Å². The van der Waals surface area contributed by atoms with Crippen molar-refractivity contribution < 1.29 is 32.3 Å². The normalized spacial score (nSPS) is 17.7. The lowest BCUT2D eigenvalue weighted by Crippen LogP contribution is -2.50. The number of fused-ring (bicyclic) bond motifs is 1. The molecule has 1 saturated heterocycles. The van der Waals surface area contributed by atoms with E-state index in [9.17, 15) is 32.3 Å². The van der Waals surface area contributed by atoms with Crippen LogP contribution in [-0.2, 0) is 4.79 Å². The average Bonchev–Trinajstić information content (AvgIpc) is 2.91. The Labute approximate surface area is 164 Å². The van der Waals surface area contributed by atoms with Crippen molar-refractivity contribution in [3.8, 4) is 0 Å². The van der Waals surface area contributed by atoms with E-state index in [1.807, 2.05) is 0 Å². The molecule has 2 heterocycles. The Kier molecular flexibility index (Phi) is 5.38. The molecule has 7 nitrogen and oxygen atoms in total. The number of piperidine rings is 1. The maximum Gasteiger partial charge on any atom is 0.471 e. The van der Waals surface area contributed by atoms with Gasteiger partial charge < -0.3 is 10.2 Å². The molecular weight excluding hydrogens is 391 g/mol. The predicted octanol–water partition coefficient (Wildman–Crippen LogP) is 1.97. The van der Waals surface area contributed by atoms with Crippen LogP contribution in [0, 0.1) is 0 Å². The van der Waals surface area contributed by atoms with Crippen molar-refractivity contribution in [1.29, 1.82) is 0 Å². The molecule has 0 atom stereocenters. The first kappa shape index (κ1) is 20.8. The second-order valence-corrected chi connectivity index (χ2v) is 7.37. The van der Waals surface area contributed by atoms with Gasteiger partial charge in [-0.15, -0.1) is 0 Å². The Balaban J connectivity index is 1.64. The zero-order valence-electron chi connectivity index (χ0n) is 15.9. The summed E-state index contributed by atoms with van der Waals surface area (Å²) in [6.07, 6.45) is -4.53. The number of imide groups is 1. The highest BCUT2D eigenvalue weighted by Crippen LogP contribution is 2.26.